The van der Waals surface area contributed by atoms with Gasteiger partial charge in [0, 0.05) is 46.9 Å². The normalized spacial score (nSPS) is 37.3. The van der Waals surface area contributed by atoms with Gasteiger partial charge in [0.05, 0.1) is 5.60 Å². The molecule has 0 radical (unpaired) electrons. The van der Waals surface area contributed by atoms with Crippen LogP contribution in [0.2, 0.25) is 0 Å². The lowest BCUT2D eigenvalue weighted by atomic mass is 9.33. The number of piperidine rings is 1. The van der Waals surface area contributed by atoms with Gasteiger partial charge in [0.2, 0.25) is 0 Å². The molecule has 5 aliphatic carbocycles. The first-order valence-corrected chi connectivity index (χ1v) is 17.4. The van der Waals surface area contributed by atoms with Crippen molar-refractivity contribution in [2.45, 2.75) is 93.5 Å². The van der Waals surface area contributed by atoms with Crippen LogP contribution in [-0.2, 0) is 33.4 Å². The summed E-state index contributed by atoms with van der Waals surface area (Å²) in [5.41, 5.74) is 1.11. The molecular weight excluding hydrogens is 578 g/mol. The van der Waals surface area contributed by atoms with Crippen molar-refractivity contribution in [1.29, 1.82) is 0 Å². The quantitative estimate of drug-likeness (QED) is 0.332. The lowest BCUT2D eigenvalue weighted by Crippen LogP contribution is -2.82. The zero-order valence-corrected chi connectivity index (χ0v) is 25.8. The van der Waals surface area contributed by atoms with E-state index in [0.717, 1.165) is 57.4 Å². The predicted octanol–water partition coefficient (Wildman–Crippen LogP) is 4.41. The van der Waals surface area contributed by atoms with Crippen LogP contribution in [0.4, 0.5) is 0 Å². The number of nitrogens with zero attached hydrogens (tertiary/aromatic N) is 1. The van der Waals surface area contributed by atoms with Crippen molar-refractivity contribution in [3.63, 3.8) is 0 Å². The summed E-state index contributed by atoms with van der Waals surface area (Å²) < 4.78 is 45.1. The Bertz CT molecular complexity index is 1470. The van der Waals surface area contributed by atoms with E-state index in [-0.39, 0.29) is 28.6 Å². The van der Waals surface area contributed by atoms with Gasteiger partial charge in [-0.2, -0.15) is 8.42 Å². The molecule has 4 bridgehead atoms. The molecule has 42 heavy (non-hydrogen) atoms. The van der Waals surface area contributed by atoms with Crippen molar-refractivity contribution < 1.29 is 37.2 Å². The average molecular weight is 620 g/mol. The molecule has 0 amide bonds. The fourth-order valence-corrected chi connectivity index (χ4v) is 10.8. The van der Waals surface area contributed by atoms with Crippen molar-refractivity contribution in [2.24, 2.45) is 17.3 Å². The van der Waals surface area contributed by atoms with Crippen molar-refractivity contribution in [3.05, 3.63) is 45.6 Å². The molecule has 4 saturated carbocycles. The molecule has 3 heterocycles. The summed E-state index contributed by atoms with van der Waals surface area (Å²) in [6.45, 7) is 4.36. The van der Waals surface area contributed by atoms with Gasteiger partial charge in [-0.05, 0) is 100 Å². The third-order valence-corrected chi connectivity index (χ3v) is 12.8. The maximum atomic E-state index is 12.3. The lowest BCUT2D eigenvalue weighted by molar-refractivity contribution is -0.302. The third-order valence-electron chi connectivity index (χ3n) is 11.9. The second-order valence-electron chi connectivity index (χ2n) is 13.8. The van der Waals surface area contributed by atoms with Crippen LogP contribution in [0.15, 0.2) is 29.6 Å². The van der Waals surface area contributed by atoms with Gasteiger partial charge in [0.1, 0.15) is 11.7 Å². The minimum atomic E-state index is -4.67. The van der Waals surface area contributed by atoms with Crippen LogP contribution in [0.3, 0.4) is 0 Å². The fourth-order valence-electron chi connectivity index (χ4n) is 10.1. The smallest absolute Gasteiger partial charge is 0.394 e. The number of aryl methyl sites for hydroxylation is 1. The molecule has 1 aromatic heterocycles. The average Bonchev–Trinajstić information content (AvgIpc) is 3.44. The highest BCUT2D eigenvalue weighted by molar-refractivity contribution is 7.79. The second kappa shape index (κ2) is 9.63. The molecule has 4 N–H and O–H groups in total. The van der Waals surface area contributed by atoms with E-state index in [1.807, 2.05) is 13.2 Å². The molecule has 9 rings (SSSR count). The Kier molecular flexibility index (Phi) is 6.65. The van der Waals surface area contributed by atoms with Crippen LogP contribution >= 0.6 is 11.3 Å². The first-order valence-electron chi connectivity index (χ1n) is 15.1. The van der Waals surface area contributed by atoms with E-state index < -0.39 is 21.6 Å². The second-order valence-corrected chi connectivity index (χ2v) is 15.7. The SMILES string of the molecule is CO[C@@]12CC[C@@]3(CC1[C@](C)(O)CCc1cccs1)[C@H]1Cc4ccc(O)c5c4[C@@]3(CCN1CC1CC1)[C@H]2O5.O=S(=O)(O)O. The van der Waals surface area contributed by atoms with Gasteiger partial charge in [-0.15, -0.1) is 11.3 Å². The Hall–Kier alpha value is -1.73. The van der Waals surface area contributed by atoms with Crippen LogP contribution in [0.25, 0.3) is 0 Å². The van der Waals surface area contributed by atoms with Crippen LogP contribution in [0.1, 0.15) is 67.9 Å². The molecule has 230 valence electrons. The zero-order valence-electron chi connectivity index (χ0n) is 24.2. The number of methoxy groups -OCH3 is 1. The van der Waals surface area contributed by atoms with E-state index >= 15 is 0 Å². The Morgan fingerprint density at radius 3 is 2.62 bits per heavy atom. The number of fused-ring (bicyclic) bond motifs is 2. The number of benzene rings is 1. The van der Waals surface area contributed by atoms with E-state index in [9.17, 15) is 10.2 Å². The Morgan fingerprint density at radius 2 is 1.95 bits per heavy atom. The van der Waals surface area contributed by atoms with Gasteiger partial charge in [-0.25, -0.2) is 0 Å². The largest absolute Gasteiger partial charge is 0.504 e. The van der Waals surface area contributed by atoms with Crippen LogP contribution in [0, 0.1) is 17.3 Å². The van der Waals surface area contributed by atoms with Crippen molar-refractivity contribution in [2.75, 3.05) is 20.2 Å². The van der Waals surface area contributed by atoms with Gasteiger partial charge < -0.3 is 19.7 Å². The molecule has 1 saturated heterocycles. The summed E-state index contributed by atoms with van der Waals surface area (Å²) in [4.78, 5) is 4.16. The van der Waals surface area contributed by atoms with Crippen molar-refractivity contribution in [1.82, 2.24) is 4.90 Å². The van der Waals surface area contributed by atoms with E-state index in [4.69, 9.17) is 27.0 Å². The highest BCUT2D eigenvalue weighted by atomic mass is 32.3. The topological polar surface area (TPSA) is 137 Å². The molecule has 2 aromatic rings. The summed E-state index contributed by atoms with van der Waals surface area (Å²) >= 11 is 1.77. The number of hydrogen-bond donors (Lipinski definition) is 4. The predicted molar refractivity (Wildman–Crippen MR) is 158 cm³/mol. The molecular formula is C31H41NO8S2. The van der Waals surface area contributed by atoms with E-state index in [0.29, 0.717) is 11.8 Å². The molecule has 7 atom stereocenters. The summed E-state index contributed by atoms with van der Waals surface area (Å²) in [5, 5.41) is 25.4. The number of hydrogen-bond acceptors (Lipinski definition) is 8. The maximum absolute atomic E-state index is 12.3. The number of phenols is 1. The minimum absolute atomic E-state index is 0.0155. The van der Waals surface area contributed by atoms with E-state index in [1.165, 1.54) is 35.4 Å². The first-order chi connectivity index (χ1) is 19.8. The number of thiophene rings is 1. The van der Waals surface area contributed by atoms with Gasteiger partial charge >= 0.3 is 10.4 Å². The van der Waals surface area contributed by atoms with Crippen LogP contribution in [0.5, 0.6) is 11.5 Å². The number of aliphatic hydroxyl groups is 1. The number of phenolic OH excluding ortho intramolecular Hbond substituents is 1. The highest BCUT2D eigenvalue weighted by Crippen LogP contribution is 2.77. The molecule has 1 unspecified atom stereocenters. The number of rotatable bonds is 7. The molecule has 7 aliphatic rings. The summed E-state index contributed by atoms with van der Waals surface area (Å²) in [7, 11) is -2.83. The Morgan fingerprint density at radius 1 is 1.19 bits per heavy atom. The molecule has 2 aliphatic heterocycles. The number of aromatic hydroxyl groups is 1. The monoisotopic (exact) mass is 619 g/mol. The molecule has 2 spiro atoms. The van der Waals surface area contributed by atoms with Gasteiger partial charge in [0.15, 0.2) is 11.5 Å². The summed E-state index contributed by atoms with van der Waals surface area (Å²) in [5.74, 6) is 1.82. The molecule has 1 aromatic carbocycles. The minimum Gasteiger partial charge on any atom is -0.504 e. The van der Waals surface area contributed by atoms with Crippen LogP contribution < -0.4 is 4.74 Å². The maximum Gasteiger partial charge on any atom is 0.394 e. The molecule has 11 heteroatoms. The third kappa shape index (κ3) is 4.14. The standard InChI is InChI=1S/C31H39NO4S.H2O4S/c1-28(34,10-9-21-4-3-15-37-21)23-17-29-11-12-31(23,35-2)27-30(29)13-14-32(18-19-5-6-19)24(29)16-20-7-8-22(33)26(36-27)25(20)30;1-5(2,3)4/h3-4,7-8,15,19,23-24,27,33-34H,5-6,9-14,16-18H2,1-2H3;(H2,1,2,3,4)/t23?,24-,27-,28-,29-,30+,31+;/m1./s1. The number of likely N-dealkylation sites (tertiary alicyclic amines) is 1. The van der Waals surface area contributed by atoms with Crippen molar-refractivity contribution in [3.8, 4) is 11.5 Å². The molecule has 5 fully saturated rings. The summed E-state index contributed by atoms with van der Waals surface area (Å²) in [6, 6.07) is 8.75. The van der Waals surface area contributed by atoms with Gasteiger partial charge in [-0.1, -0.05) is 12.1 Å². The van der Waals surface area contributed by atoms with E-state index in [1.54, 1.807) is 11.3 Å². The van der Waals surface area contributed by atoms with Gasteiger partial charge in [-0.3, -0.25) is 14.0 Å². The Labute approximate surface area is 251 Å². The molecule has 9 nitrogen and oxygen atoms in total. The highest BCUT2D eigenvalue weighted by Gasteiger charge is 2.81. The van der Waals surface area contributed by atoms with Crippen molar-refractivity contribution >= 4 is 21.7 Å². The fraction of sp³-hybridized carbons (Fsp3) is 0.677. The summed E-state index contributed by atoms with van der Waals surface area (Å²) in [6.07, 6.45) is 9.25. The first kappa shape index (κ1) is 29.0. The van der Waals surface area contributed by atoms with E-state index in [2.05, 4.69) is 35.4 Å². The van der Waals surface area contributed by atoms with Gasteiger partial charge in [0.25, 0.3) is 0 Å². The zero-order chi connectivity index (χ0) is 29.7. The Balaban J connectivity index is 0.000000534. The van der Waals surface area contributed by atoms with Crippen LogP contribution in [-0.4, -0.2) is 76.2 Å². The lowest BCUT2D eigenvalue weighted by Gasteiger charge is -2.75. The number of ether oxygens (including phenoxy) is 2.